The van der Waals surface area contributed by atoms with Crippen LogP contribution in [0, 0.1) is 0 Å². The van der Waals surface area contributed by atoms with Gasteiger partial charge in [-0.25, -0.2) is 4.68 Å². The Bertz CT molecular complexity index is 1450. The van der Waals surface area contributed by atoms with Crippen LogP contribution in [-0.4, -0.2) is 60.3 Å². The molecule has 0 spiro atoms. The quantitative estimate of drug-likeness (QED) is 0.335. The van der Waals surface area contributed by atoms with Gasteiger partial charge in [0.15, 0.2) is 0 Å². The number of hydrogen-bond donors (Lipinski definition) is 1. The molecule has 10 heteroatoms. The predicted molar refractivity (Wildman–Crippen MR) is 146 cm³/mol. The minimum Gasteiger partial charge on any atom is -0.497 e. The zero-order valence-corrected chi connectivity index (χ0v) is 21.9. The van der Waals surface area contributed by atoms with Crippen LogP contribution in [0.25, 0.3) is 11.0 Å². The van der Waals surface area contributed by atoms with E-state index in [9.17, 15) is 9.59 Å². The second-order valence-corrected chi connectivity index (χ2v) is 9.26. The lowest BCUT2D eigenvalue weighted by Crippen LogP contribution is -2.46. The topological polar surface area (TPSA) is 108 Å². The summed E-state index contributed by atoms with van der Waals surface area (Å²) in [6.45, 7) is 0.907. The molecule has 202 valence electrons. The third kappa shape index (κ3) is 5.85. The van der Waals surface area contributed by atoms with Crippen molar-refractivity contribution >= 4 is 28.5 Å². The molecule has 1 N–H and O–H groups in total. The summed E-state index contributed by atoms with van der Waals surface area (Å²) in [5.74, 6) is 0.447. The molecule has 2 unspecified atom stereocenters. The molecular formula is C29H31N5O5. The molecule has 1 fully saturated rings. The molecule has 5 rings (SSSR count). The number of rotatable bonds is 10. The van der Waals surface area contributed by atoms with Crippen LogP contribution >= 0.6 is 0 Å². The summed E-state index contributed by atoms with van der Waals surface area (Å²) >= 11 is 0. The first-order chi connectivity index (χ1) is 19.1. The van der Waals surface area contributed by atoms with Crippen molar-refractivity contribution < 1.29 is 23.8 Å². The van der Waals surface area contributed by atoms with Gasteiger partial charge in [-0.05, 0) is 54.8 Å². The fraction of sp³-hybridized carbons (Fsp3) is 0.310. The average Bonchev–Trinajstić information content (AvgIpc) is 3.65. The van der Waals surface area contributed by atoms with Crippen molar-refractivity contribution in [2.45, 2.75) is 31.5 Å². The number of para-hydroxylation sites is 1. The van der Waals surface area contributed by atoms with E-state index < -0.39 is 6.04 Å². The van der Waals surface area contributed by atoms with Crippen LogP contribution in [0.3, 0.4) is 0 Å². The van der Waals surface area contributed by atoms with E-state index in [1.807, 2.05) is 30.3 Å². The zero-order chi connectivity index (χ0) is 27.2. The summed E-state index contributed by atoms with van der Waals surface area (Å²) in [4.78, 5) is 29.6. The predicted octanol–water partition coefficient (Wildman–Crippen LogP) is 3.52. The third-order valence-corrected chi connectivity index (χ3v) is 6.75. The lowest BCUT2D eigenvalue weighted by molar-refractivity contribution is -0.127. The number of fused-ring (bicyclic) bond motifs is 1. The lowest BCUT2D eigenvalue weighted by Gasteiger charge is -2.32. The smallest absolute Gasteiger partial charge is 0.249 e. The van der Waals surface area contributed by atoms with E-state index in [0.717, 1.165) is 18.4 Å². The molecule has 1 aromatic heterocycles. The molecule has 1 saturated heterocycles. The second-order valence-electron chi connectivity index (χ2n) is 9.26. The van der Waals surface area contributed by atoms with Gasteiger partial charge in [0.25, 0.3) is 0 Å². The van der Waals surface area contributed by atoms with Crippen molar-refractivity contribution in [1.29, 1.82) is 0 Å². The van der Waals surface area contributed by atoms with Crippen LogP contribution in [0.2, 0.25) is 0 Å². The van der Waals surface area contributed by atoms with Crippen molar-refractivity contribution in [3.05, 3.63) is 78.4 Å². The van der Waals surface area contributed by atoms with E-state index in [-0.39, 0.29) is 24.5 Å². The molecule has 3 aromatic carbocycles. The molecule has 1 aliphatic heterocycles. The highest BCUT2D eigenvalue weighted by molar-refractivity contribution is 6.01. The van der Waals surface area contributed by atoms with E-state index in [0.29, 0.717) is 41.4 Å². The number of methoxy groups -OCH3 is 2. The van der Waals surface area contributed by atoms with Crippen molar-refractivity contribution in [2.24, 2.45) is 0 Å². The number of nitrogens with one attached hydrogen (secondary N) is 1. The highest BCUT2D eigenvalue weighted by atomic mass is 16.5. The van der Waals surface area contributed by atoms with Crippen LogP contribution < -0.4 is 19.7 Å². The Labute approximate surface area is 226 Å². The maximum atomic E-state index is 14.1. The van der Waals surface area contributed by atoms with Gasteiger partial charge in [0.05, 0.1) is 25.8 Å². The number of aromatic nitrogens is 3. The van der Waals surface area contributed by atoms with Gasteiger partial charge in [0.1, 0.15) is 29.6 Å². The molecular weight excluding hydrogens is 498 g/mol. The molecule has 2 heterocycles. The second kappa shape index (κ2) is 12.0. The Kier molecular flexibility index (Phi) is 8.02. The largest absolute Gasteiger partial charge is 0.497 e. The fourth-order valence-electron chi connectivity index (χ4n) is 4.78. The number of ether oxygens (including phenoxy) is 3. The molecule has 4 aromatic rings. The van der Waals surface area contributed by atoms with Crippen LogP contribution in [0.4, 0.5) is 5.69 Å². The van der Waals surface area contributed by atoms with Gasteiger partial charge >= 0.3 is 0 Å². The maximum absolute atomic E-state index is 14.1. The van der Waals surface area contributed by atoms with Gasteiger partial charge in [-0.3, -0.25) is 14.5 Å². The van der Waals surface area contributed by atoms with Gasteiger partial charge in [0.2, 0.25) is 11.8 Å². The Hall–Kier alpha value is -4.44. The first-order valence-corrected chi connectivity index (χ1v) is 12.8. The van der Waals surface area contributed by atoms with Crippen molar-refractivity contribution in [2.75, 3.05) is 32.3 Å². The summed E-state index contributed by atoms with van der Waals surface area (Å²) in [5, 5.41) is 11.4. The van der Waals surface area contributed by atoms with Gasteiger partial charge in [-0.2, -0.15) is 0 Å². The molecule has 2 atom stereocenters. The summed E-state index contributed by atoms with van der Waals surface area (Å²) < 4.78 is 18.1. The van der Waals surface area contributed by atoms with E-state index in [1.54, 1.807) is 56.7 Å². The van der Waals surface area contributed by atoms with Crippen LogP contribution in [0.15, 0.2) is 72.8 Å². The Morgan fingerprint density at radius 3 is 2.59 bits per heavy atom. The van der Waals surface area contributed by atoms with E-state index in [4.69, 9.17) is 14.2 Å². The number of benzene rings is 3. The number of amides is 2. The van der Waals surface area contributed by atoms with Crippen LogP contribution in [0.1, 0.15) is 24.4 Å². The lowest BCUT2D eigenvalue weighted by atomic mass is 10.0. The fourth-order valence-corrected chi connectivity index (χ4v) is 4.78. The minimum atomic E-state index is -1.00. The first kappa shape index (κ1) is 26.2. The normalized spacial score (nSPS) is 15.6. The summed E-state index contributed by atoms with van der Waals surface area (Å²) in [6.07, 6.45) is 1.78. The molecule has 0 bridgehead atoms. The number of carbonyl (C=O) groups excluding carboxylic acids is 2. The number of carbonyl (C=O) groups is 2. The summed E-state index contributed by atoms with van der Waals surface area (Å²) in [7, 11) is 3.12. The highest BCUT2D eigenvalue weighted by Gasteiger charge is 2.34. The standard InChI is InChI=1S/C29H31N5O5/c1-37-22-10-5-8-20(16-22)28(29(36)30-18-24-12-7-15-39-24)34(21-9-6-11-23(17-21)38-2)27(35)19-33-26-14-4-3-13-25(26)31-32-33/h3-6,8-11,13-14,16-17,24,28H,7,12,15,18-19H2,1-2H3,(H,30,36). The zero-order valence-electron chi connectivity index (χ0n) is 21.9. The molecule has 0 radical (unpaired) electrons. The van der Waals surface area contributed by atoms with E-state index in [1.165, 1.54) is 9.58 Å². The summed E-state index contributed by atoms with van der Waals surface area (Å²) in [5.41, 5.74) is 2.50. The SMILES string of the molecule is COc1cccc(C(C(=O)NCC2CCCO2)N(C(=O)Cn2nnc3ccccc32)c2cccc(OC)c2)c1. The monoisotopic (exact) mass is 529 g/mol. The Morgan fingerprint density at radius 2 is 1.82 bits per heavy atom. The summed E-state index contributed by atoms with van der Waals surface area (Å²) in [6, 6.07) is 20.7. The van der Waals surface area contributed by atoms with Crippen LogP contribution in [-0.2, 0) is 20.9 Å². The molecule has 39 heavy (non-hydrogen) atoms. The van der Waals surface area contributed by atoms with Crippen molar-refractivity contribution in [3.8, 4) is 11.5 Å². The number of hydrogen-bond acceptors (Lipinski definition) is 7. The van der Waals surface area contributed by atoms with E-state index >= 15 is 0 Å². The maximum Gasteiger partial charge on any atom is 0.249 e. The van der Waals surface area contributed by atoms with Gasteiger partial charge in [0, 0.05) is 24.9 Å². The average molecular weight is 530 g/mol. The third-order valence-electron chi connectivity index (χ3n) is 6.75. The Morgan fingerprint density at radius 1 is 1.05 bits per heavy atom. The van der Waals surface area contributed by atoms with Crippen molar-refractivity contribution in [1.82, 2.24) is 20.3 Å². The first-order valence-electron chi connectivity index (χ1n) is 12.8. The van der Waals surface area contributed by atoms with Crippen LogP contribution in [0.5, 0.6) is 11.5 Å². The number of anilines is 1. The minimum absolute atomic E-state index is 0.0533. The Balaban J connectivity index is 1.56. The highest BCUT2D eigenvalue weighted by Crippen LogP contribution is 2.32. The number of nitrogens with zero attached hydrogens (tertiary/aromatic N) is 4. The van der Waals surface area contributed by atoms with Gasteiger partial charge in [-0.15, -0.1) is 5.10 Å². The molecule has 0 aliphatic carbocycles. The molecule has 2 amide bonds. The molecule has 0 saturated carbocycles. The van der Waals surface area contributed by atoms with Crippen molar-refractivity contribution in [3.63, 3.8) is 0 Å². The van der Waals surface area contributed by atoms with E-state index in [2.05, 4.69) is 15.6 Å². The molecule has 10 nitrogen and oxygen atoms in total. The van der Waals surface area contributed by atoms with Gasteiger partial charge < -0.3 is 19.5 Å². The van der Waals surface area contributed by atoms with Gasteiger partial charge in [-0.1, -0.05) is 35.5 Å². The molecule has 1 aliphatic rings.